The molecule has 0 spiro atoms. The van der Waals surface area contributed by atoms with Crippen LogP contribution in [-0.4, -0.2) is 42.2 Å². The van der Waals surface area contributed by atoms with E-state index in [0.717, 1.165) is 16.9 Å². The lowest BCUT2D eigenvalue weighted by Gasteiger charge is -2.26. The van der Waals surface area contributed by atoms with Crippen molar-refractivity contribution >= 4 is 11.8 Å². The lowest BCUT2D eigenvalue weighted by atomic mass is 9.89. The molecule has 7 heteroatoms. The molecule has 0 fully saturated rings. The SMILES string of the molecule is COc1ccc([C@@H](C)[C@@H](C)OC(=O)[C@@H](CC(=O)c2nccc(OC)c2O)C(C)C)c(C)c1. The standard InChI is InChI=1S/C25H33NO6/c1-14(2)20(13-21(27)23-24(28)22(31-7)10-11-26-23)25(29)32-17(5)16(4)19-9-8-18(30-6)12-15(19)3/h8-12,14,16-17,20,28H,13H2,1-7H3/t16-,17+,20-/m0/s1. The number of pyridine rings is 1. The summed E-state index contributed by atoms with van der Waals surface area (Å²) in [6, 6.07) is 7.27. The van der Waals surface area contributed by atoms with Crippen molar-refractivity contribution in [1.29, 1.82) is 0 Å². The van der Waals surface area contributed by atoms with Crippen LogP contribution < -0.4 is 9.47 Å². The molecule has 7 nitrogen and oxygen atoms in total. The van der Waals surface area contributed by atoms with Gasteiger partial charge in [-0.25, -0.2) is 4.98 Å². The number of nitrogens with zero attached hydrogens (tertiary/aromatic N) is 1. The van der Waals surface area contributed by atoms with E-state index in [1.807, 2.05) is 52.8 Å². The molecule has 0 aliphatic heterocycles. The average Bonchev–Trinajstić information content (AvgIpc) is 2.76. The monoisotopic (exact) mass is 443 g/mol. The maximum absolute atomic E-state index is 13.0. The Bertz CT molecular complexity index is 955. The molecule has 0 amide bonds. The Hall–Kier alpha value is -3.09. The molecule has 0 aliphatic carbocycles. The summed E-state index contributed by atoms with van der Waals surface area (Å²) in [4.78, 5) is 29.8. The highest BCUT2D eigenvalue weighted by atomic mass is 16.5. The lowest BCUT2D eigenvalue weighted by molar-refractivity contribution is -0.155. The number of hydrogen-bond acceptors (Lipinski definition) is 7. The number of rotatable bonds is 10. The molecule has 1 aromatic heterocycles. The van der Waals surface area contributed by atoms with Crippen LogP contribution in [0.4, 0.5) is 0 Å². The van der Waals surface area contributed by atoms with Gasteiger partial charge in [-0.15, -0.1) is 0 Å². The number of carbonyl (C=O) groups excluding carboxylic acids is 2. The van der Waals surface area contributed by atoms with Gasteiger partial charge in [-0.05, 0) is 43.0 Å². The van der Waals surface area contributed by atoms with Gasteiger partial charge in [0.1, 0.15) is 11.9 Å². The number of methoxy groups -OCH3 is 2. The largest absolute Gasteiger partial charge is 0.503 e. The van der Waals surface area contributed by atoms with Crippen molar-refractivity contribution in [3.8, 4) is 17.2 Å². The van der Waals surface area contributed by atoms with Crippen molar-refractivity contribution in [3.63, 3.8) is 0 Å². The maximum Gasteiger partial charge on any atom is 0.309 e. The number of ketones is 1. The van der Waals surface area contributed by atoms with Gasteiger partial charge in [0.25, 0.3) is 0 Å². The second-order valence-corrected chi connectivity index (χ2v) is 8.34. The van der Waals surface area contributed by atoms with Crippen LogP contribution in [0, 0.1) is 18.8 Å². The molecule has 1 N–H and O–H groups in total. The first-order valence-electron chi connectivity index (χ1n) is 10.7. The Kier molecular flexibility index (Phi) is 8.63. The first kappa shape index (κ1) is 25.2. The number of ether oxygens (including phenoxy) is 3. The molecule has 0 saturated carbocycles. The second-order valence-electron chi connectivity index (χ2n) is 8.34. The minimum atomic E-state index is -0.665. The highest BCUT2D eigenvalue weighted by molar-refractivity contribution is 5.99. The summed E-state index contributed by atoms with van der Waals surface area (Å²) in [6.07, 6.45) is 0.872. The molecule has 1 heterocycles. The van der Waals surface area contributed by atoms with Crippen molar-refractivity contribution in [2.75, 3.05) is 14.2 Å². The Labute approximate surface area is 189 Å². The van der Waals surface area contributed by atoms with Crippen LogP contribution in [0.25, 0.3) is 0 Å². The fourth-order valence-corrected chi connectivity index (χ4v) is 3.60. The molecule has 32 heavy (non-hydrogen) atoms. The van der Waals surface area contributed by atoms with Crippen LogP contribution >= 0.6 is 0 Å². The molecular formula is C25H33NO6. The number of aromatic nitrogens is 1. The summed E-state index contributed by atoms with van der Waals surface area (Å²) >= 11 is 0. The van der Waals surface area contributed by atoms with Gasteiger partial charge in [0.15, 0.2) is 23.0 Å². The van der Waals surface area contributed by atoms with Crippen molar-refractivity contribution in [3.05, 3.63) is 47.3 Å². The zero-order valence-electron chi connectivity index (χ0n) is 19.8. The van der Waals surface area contributed by atoms with E-state index >= 15 is 0 Å². The zero-order valence-corrected chi connectivity index (χ0v) is 19.8. The predicted octanol–water partition coefficient (Wildman–Crippen LogP) is 4.69. The third-order valence-corrected chi connectivity index (χ3v) is 5.86. The number of aromatic hydroxyl groups is 1. The summed E-state index contributed by atoms with van der Waals surface area (Å²) in [5, 5.41) is 10.2. The molecule has 0 aliphatic rings. The van der Waals surface area contributed by atoms with E-state index in [1.54, 1.807) is 7.11 Å². The minimum Gasteiger partial charge on any atom is -0.503 e. The van der Waals surface area contributed by atoms with Gasteiger partial charge in [0.2, 0.25) is 0 Å². The highest BCUT2D eigenvalue weighted by Crippen LogP contribution is 2.31. The van der Waals surface area contributed by atoms with E-state index in [0.29, 0.717) is 0 Å². The molecule has 3 atom stereocenters. The Balaban J connectivity index is 2.13. The number of benzene rings is 1. The van der Waals surface area contributed by atoms with E-state index in [4.69, 9.17) is 14.2 Å². The zero-order chi connectivity index (χ0) is 24.0. The van der Waals surface area contributed by atoms with E-state index in [9.17, 15) is 14.7 Å². The van der Waals surface area contributed by atoms with Crippen LogP contribution in [-0.2, 0) is 9.53 Å². The second kappa shape index (κ2) is 11.0. The Morgan fingerprint density at radius 1 is 1.06 bits per heavy atom. The van der Waals surface area contributed by atoms with Crippen molar-refractivity contribution in [2.45, 2.75) is 53.1 Å². The summed E-state index contributed by atoms with van der Waals surface area (Å²) in [5.74, 6) is -1.12. The van der Waals surface area contributed by atoms with E-state index in [2.05, 4.69) is 4.98 Å². The highest BCUT2D eigenvalue weighted by Gasteiger charge is 2.31. The van der Waals surface area contributed by atoms with Crippen LogP contribution in [0.3, 0.4) is 0 Å². The molecule has 0 unspecified atom stereocenters. The fourth-order valence-electron chi connectivity index (χ4n) is 3.60. The van der Waals surface area contributed by atoms with Crippen LogP contribution in [0.15, 0.2) is 30.5 Å². The molecule has 2 aromatic rings. The van der Waals surface area contributed by atoms with Crippen LogP contribution in [0.5, 0.6) is 17.2 Å². The summed E-state index contributed by atoms with van der Waals surface area (Å²) < 4.78 is 16.1. The summed E-state index contributed by atoms with van der Waals surface area (Å²) in [6.45, 7) is 9.56. The van der Waals surface area contributed by atoms with Gasteiger partial charge in [-0.3, -0.25) is 9.59 Å². The third-order valence-electron chi connectivity index (χ3n) is 5.86. The van der Waals surface area contributed by atoms with Gasteiger partial charge in [0.05, 0.1) is 20.1 Å². The quantitative estimate of drug-likeness (QED) is 0.420. The Morgan fingerprint density at radius 2 is 1.75 bits per heavy atom. The predicted molar refractivity (Wildman–Crippen MR) is 121 cm³/mol. The maximum atomic E-state index is 13.0. The molecule has 0 saturated heterocycles. The van der Waals surface area contributed by atoms with Gasteiger partial charge in [0, 0.05) is 24.6 Å². The number of hydrogen-bond donors (Lipinski definition) is 1. The van der Waals surface area contributed by atoms with Crippen molar-refractivity contribution < 1.29 is 28.9 Å². The van der Waals surface area contributed by atoms with Gasteiger partial charge in [-0.2, -0.15) is 0 Å². The lowest BCUT2D eigenvalue weighted by Crippen LogP contribution is -2.30. The number of aryl methyl sites for hydroxylation is 1. The number of carbonyl (C=O) groups is 2. The summed E-state index contributed by atoms with van der Waals surface area (Å²) in [7, 11) is 3.01. The third kappa shape index (κ3) is 5.78. The van der Waals surface area contributed by atoms with E-state index < -0.39 is 23.8 Å². The van der Waals surface area contributed by atoms with E-state index in [-0.39, 0.29) is 35.4 Å². The molecule has 0 bridgehead atoms. The van der Waals surface area contributed by atoms with Crippen LogP contribution in [0.1, 0.15) is 61.6 Å². The molecule has 2 rings (SSSR count). The van der Waals surface area contributed by atoms with Gasteiger partial charge in [-0.1, -0.05) is 26.8 Å². The fraction of sp³-hybridized carbons (Fsp3) is 0.480. The molecular weight excluding hydrogens is 410 g/mol. The molecule has 0 radical (unpaired) electrons. The van der Waals surface area contributed by atoms with Crippen molar-refractivity contribution in [2.24, 2.45) is 11.8 Å². The first-order valence-corrected chi connectivity index (χ1v) is 10.7. The first-order chi connectivity index (χ1) is 15.1. The smallest absolute Gasteiger partial charge is 0.309 e. The minimum absolute atomic E-state index is 0.0440. The number of esters is 1. The number of Topliss-reactive ketones (excluding diaryl/α,β-unsaturated/α-hetero) is 1. The van der Waals surface area contributed by atoms with Crippen LogP contribution in [0.2, 0.25) is 0 Å². The molecule has 174 valence electrons. The van der Waals surface area contributed by atoms with Crippen molar-refractivity contribution in [1.82, 2.24) is 4.98 Å². The van der Waals surface area contributed by atoms with E-state index in [1.165, 1.54) is 19.4 Å². The normalized spacial score (nSPS) is 13.9. The van der Waals surface area contributed by atoms with Gasteiger partial charge < -0.3 is 19.3 Å². The average molecular weight is 444 g/mol. The summed E-state index contributed by atoms with van der Waals surface area (Å²) in [5.41, 5.74) is 2.00. The topological polar surface area (TPSA) is 95.0 Å². The Morgan fingerprint density at radius 3 is 2.31 bits per heavy atom. The van der Waals surface area contributed by atoms with Gasteiger partial charge >= 0.3 is 5.97 Å². The molecule has 1 aromatic carbocycles.